The van der Waals surface area contributed by atoms with E-state index in [2.05, 4.69) is 4.90 Å². The molecule has 4 aromatic rings. The van der Waals surface area contributed by atoms with E-state index in [1.54, 1.807) is 33.7 Å². The standard InChI is InChI=1S/C31H31N5O5/c1-3-41-28-11-7-6-10-27(28)35-30(32-26-9-5-4-8-25(26)31(35)38)22(2)33-18-20-34(21-19-33)29(37)17-14-23-12-15-24(16-13-23)36(39)40/h4-17,22H,3,18-21H2,1-2H3. The quantitative estimate of drug-likeness (QED) is 0.178. The predicted molar refractivity (Wildman–Crippen MR) is 157 cm³/mol. The minimum Gasteiger partial charge on any atom is -0.492 e. The lowest BCUT2D eigenvalue weighted by Gasteiger charge is -2.38. The van der Waals surface area contributed by atoms with Crippen molar-refractivity contribution >= 4 is 28.6 Å². The topological polar surface area (TPSA) is 111 Å². The van der Waals surface area contributed by atoms with Gasteiger partial charge in [0, 0.05) is 44.4 Å². The maximum atomic E-state index is 13.8. The Morgan fingerprint density at radius 2 is 1.71 bits per heavy atom. The zero-order valence-electron chi connectivity index (χ0n) is 23.0. The monoisotopic (exact) mass is 553 g/mol. The third-order valence-corrected chi connectivity index (χ3v) is 7.28. The number of nitro groups is 1. The summed E-state index contributed by atoms with van der Waals surface area (Å²) in [5, 5.41) is 11.4. The Morgan fingerprint density at radius 3 is 2.41 bits per heavy atom. The van der Waals surface area contributed by atoms with E-state index in [4.69, 9.17) is 9.72 Å². The highest BCUT2D eigenvalue weighted by atomic mass is 16.6. The second kappa shape index (κ2) is 12.1. The van der Waals surface area contributed by atoms with Gasteiger partial charge in [0.2, 0.25) is 5.91 Å². The van der Waals surface area contributed by atoms with Crippen molar-refractivity contribution in [1.82, 2.24) is 19.4 Å². The van der Waals surface area contributed by atoms with Crippen LogP contribution in [-0.4, -0.2) is 63.0 Å². The summed E-state index contributed by atoms with van der Waals surface area (Å²) >= 11 is 0. The number of carbonyl (C=O) groups excluding carboxylic acids is 1. The Balaban J connectivity index is 1.37. The zero-order chi connectivity index (χ0) is 28.9. The second-order valence-corrected chi connectivity index (χ2v) is 9.75. The molecule has 1 fully saturated rings. The minimum absolute atomic E-state index is 0.00594. The molecule has 1 amide bonds. The van der Waals surface area contributed by atoms with Gasteiger partial charge in [-0.15, -0.1) is 0 Å². The number of amides is 1. The van der Waals surface area contributed by atoms with Gasteiger partial charge in [-0.2, -0.15) is 0 Å². The smallest absolute Gasteiger partial charge is 0.269 e. The number of fused-ring (bicyclic) bond motifs is 1. The number of non-ortho nitro benzene ring substituents is 1. The van der Waals surface area contributed by atoms with E-state index in [1.165, 1.54) is 18.2 Å². The fourth-order valence-electron chi connectivity index (χ4n) is 5.06. The van der Waals surface area contributed by atoms with Gasteiger partial charge in [0.05, 0.1) is 34.2 Å². The number of hydrogen-bond acceptors (Lipinski definition) is 7. The number of nitro benzene ring substituents is 1. The highest BCUT2D eigenvalue weighted by Crippen LogP contribution is 2.28. The summed E-state index contributed by atoms with van der Waals surface area (Å²) < 4.78 is 7.52. The molecule has 0 spiro atoms. The summed E-state index contributed by atoms with van der Waals surface area (Å²) in [6.07, 6.45) is 3.15. The van der Waals surface area contributed by atoms with Crippen LogP contribution in [0.5, 0.6) is 5.75 Å². The first-order valence-electron chi connectivity index (χ1n) is 13.6. The van der Waals surface area contributed by atoms with Crippen LogP contribution in [0.15, 0.2) is 83.7 Å². The van der Waals surface area contributed by atoms with E-state index in [9.17, 15) is 19.7 Å². The summed E-state index contributed by atoms with van der Waals surface area (Å²) in [6, 6.07) is 20.7. The van der Waals surface area contributed by atoms with Crippen LogP contribution in [0.2, 0.25) is 0 Å². The average molecular weight is 554 g/mol. The first-order valence-corrected chi connectivity index (χ1v) is 13.6. The second-order valence-electron chi connectivity index (χ2n) is 9.75. The Kier molecular flexibility index (Phi) is 8.21. The number of rotatable bonds is 8. The molecule has 2 heterocycles. The van der Waals surface area contributed by atoms with Crippen molar-refractivity contribution in [2.24, 2.45) is 0 Å². The van der Waals surface area contributed by atoms with Crippen LogP contribution in [0.25, 0.3) is 22.7 Å². The van der Waals surface area contributed by atoms with Crippen molar-refractivity contribution in [1.29, 1.82) is 0 Å². The van der Waals surface area contributed by atoms with E-state index in [0.717, 1.165) is 0 Å². The molecule has 210 valence electrons. The number of hydrogen-bond donors (Lipinski definition) is 0. The molecule has 10 nitrogen and oxygen atoms in total. The van der Waals surface area contributed by atoms with Crippen LogP contribution < -0.4 is 10.3 Å². The van der Waals surface area contributed by atoms with Crippen LogP contribution in [0.1, 0.15) is 31.3 Å². The van der Waals surface area contributed by atoms with Crippen molar-refractivity contribution in [3.8, 4) is 11.4 Å². The van der Waals surface area contributed by atoms with Crippen LogP contribution in [0.3, 0.4) is 0 Å². The number of para-hydroxylation sites is 3. The summed E-state index contributed by atoms with van der Waals surface area (Å²) in [5.41, 5.74) is 1.84. The third-order valence-electron chi connectivity index (χ3n) is 7.28. The SMILES string of the molecule is CCOc1ccccc1-n1c(C(C)N2CCN(C(=O)C=Cc3ccc([N+](=O)[O-])cc3)CC2)nc2ccccc2c1=O. The zero-order valence-corrected chi connectivity index (χ0v) is 23.0. The molecule has 1 aliphatic heterocycles. The summed E-state index contributed by atoms with van der Waals surface area (Å²) in [7, 11) is 0. The number of aromatic nitrogens is 2. The Labute approximate surface area is 237 Å². The molecule has 3 aromatic carbocycles. The predicted octanol–water partition coefficient (Wildman–Crippen LogP) is 4.61. The Morgan fingerprint density at radius 1 is 1.02 bits per heavy atom. The van der Waals surface area contributed by atoms with E-state index < -0.39 is 4.92 Å². The maximum Gasteiger partial charge on any atom is 0.269 e. The highest BCUT2D eigenvalue weighted by Gasteiger charge is 2.28. The molecule has 0 aliphatic carbocycles. The first kappa shape index (κ1) is 27.7. The molecular weight excluding hydrogens is 522 g/mol. The summed E-state index contributed by atoms with van der Waals surface area (Å²) in [6.45, 7) is 6.64. The van der Waals surface area contributed by atoms with Crippen molar-refractivity contribution in [3.63, 3.8) is 0 Å². The summed E-state index contributed by atoms with van der Waals surface area (Å²) in [5.74, 6) is 1.10. The molecule has 1 atom stereocenters. The molecule has 0 bridgehead atoms. The van der Waals surface area contributed by atoms with Gasteiger partial charge in [0.25, 0.3) is 11.2 Å². The van der Waals surface area contributed by atoms with Gasteiger partial charge in [0.15, 0.2) is 0 Å². The molecule has 0 radical (unpaired) electrons. The lowest BCUT2D eigenvalue weighted by molar-refractivity contribution is -0.384. The number of ether oxygens (including phenoxy) is 1. The van der Waals surface area contributed by atoms with Crippen molar-refractivity contribution in [2.45, 2.75) is 19.9 Å². The van der Waals surface area contributed by atoms with E-state index >= 15 is 0 Å². The van der Waals surface area contributed by atoms with Crippen molar-refractivity contribution in [2.75, 3.05) is 32.8 Å². The Bertz CT molecular complexity index is 1660. The van der Waals surface area contributed by atoms with Crippen molar-refractivity contribution < 1.29 is 14.5 Å². The normalized spacial score (nSPS) is 14.8. The van der Waals surface area contributed by atoms with Crippen LogP contribution in [-0.2, 0) is 4.79 Å². The van der Waals surface area contributed by atoms with Crippen LogP contribution >= 0.6 is 0 Å². The number of piperazine rings is 1. The van der Waals surface area contributed by atoms with E-state index in [-0.39, 0.29) is 23.2 Å². The molecule has 1 saturated heterocycles. The van der Waals surface area contributed by atoms with Gasteiger partial charge in [-0.1, -0.05) is 24.3 Å². The fourth-order valence-corrected chi connectivity index (χ4v) is 5.06. The van der Waals surface area contributed by atoms with E-state index in [1.807, 2.05) is 56.3 Å². The summed E-state index contributed by atoms with van der Waals surface area (Å²) in [4.78, 5) is 46.0. The fraction of sp³-hybridized carbons (Fsp3) is 0.258. The van der Waals surface area contributed by atoms with Crippen LogP contribution in [0.4, 0.5) is 5.69 Å². The molecule has 0 N–H and O–H groups in total. The number of benzene rings is 3. The first-order chi connectivity index (χ1) is 19.9. The van der Waals surface area contributed by atoms with E-state index in [0.29, 0.717) is 66.5 Å². The average Bonchev–Trinajstić information content (AvgIpc) is 3.00. The van der Waals surface area contributed by atoms with Crippen molar-refractivity contribution in [3.05, 3.63) is 111 Å². The molecule has 1 aliphatic rings. The van der Waals surface area contributed by atoms with Gasteiger partial charge in [-0.3, -0.25) is 29.2 Å². The molecule has 5 rings (SSSR count). The largest absolute Gasteiger partial charge is 0.492 e. The molecule has 10 heteroatoms. The maximum absolute atomic E-state index is 13.8. The number of nitrogens with zero attached hydrogens (tertiary/aromatic N) is 5. The third kappa shape index (κ3) is 5.87. The van der Waals surface area contributed by atoms with Crippen LogP contribution in [0, 0.1) is 10.1 Å². The van der Waals surface area contributed by atoms with Gasteiger partial charge < -0.3 is 9.64 Å². The minimum atomic E-state index is -0.455. The lowest BCUT2D eigenvalue weighted by Crippen LogP contribution is -2.49. The van der Waals surface area contributed by atoms with Gasteiger partial charge >= 0.3 is 0 Å². The molecule has 1 aromatic heterocycles. The molecule has 41 heavy (non-hydrogen) atoms. The lowest BCUT2D eigenvalue weighted by atomic mass is 10.1. The van der Waals surface area contributed by atoms with Gasteiger partial charge in [0.1, 0.15) is 11.6 Å². The molecular formula is C31H31N5O5. The van der Waals surface area contributed by atoms with Gasteiger partial charge in [-0.25, -0.2) is 4.98 Å². The Hall–Kier alpha value is -4.83. The molecule has 1 unspecified atom stereocenters. The highest BCUT2D eigenvalue weighted by molar-refractivity contribution is 5.91. The van der Waals surface area contributed by atoms with Gasteiger partial charge in [-0.05, 0) is 61.9 Å². The number of carbonyl (C=O) groups is 1. The molecule has 0 saturated carbocycles.